The van der Waals surface area contributed by atoms with Gasteiger partial charge < -0.3 is 20.9 Å². The molecular formula is C19H29N5O2. The van der Waals surface area contributed by atoms with Gasteiger partial charge in [0.25, 0.3) is 0 Å². The van der Waals surface area contributed by atoms with Gasteiger partial charge in [0.2, 0.25) is 11.8 Å². The molecule has 3 rings (SSSR count). The first-order valence-corrected chi connectivity index (χ1v) is 9.60. The van der Waals surface area contributed by atoms with Crippen LogP contribution in [0.1, 0.15) is 25.7 Å². The van der Waals surface area contributed by atoms with Crippen molar-refractivity contribution in [2.45, 2.75) is 25.7 Å². The fourth-order valence-corrected chi connectivity index (χ4v) is 3.97. The van der Waals surface area contributed by atoms with E-state index in [1.807, 2.05) is 23.1 Å². The van der Waals surface area contributed by atoms with Gasteiger partial charge in [0.1, 0.15) is 5.82 Å². The molecule has 1 aromatic heterocycles. The van der Waals surface area contributed by atoms with Crippen molar-refractivity contribution in [3.05, 3.63) is 24.4 Å². The molecule has 0 unspecified atom stereocenters. The van der Waals surface area contributed by atoms with Gasteiger partial charge in [-0.15, -0.1) is 0 Å². The topological polar surface area (TPSA) is 91.6 Å². The van der Waals surface area contributed by atoms with Crippen molar-refractivity contribution in [1.29, 1.82) is 0 Å². The summed E-state index contributed by atoms with van der Waals surface area (Å²) in [4.78, 5) is 33.1. The fourth-order valence-electron chi connectivity index (χ4n) is 3.97. The van der Waals surface area contributed by atoms with Crippen LogP contribution in [0, 0.1) is 11.8 Å². The Bertz CT molecular complexity index is 601. The third-order valence-corrected chi connectivity index (χ3v) is 5.54. The fraction of sp³-hybridized carbons (Fsp3) is 0.632. The lowest BCUT2D eigenvalue weighted by molar-refractivity contribution is -0.131. The van der Waals surface area contributed by atoms with Crippen molar-refractivity contribution in [3.63, 3.8) is 0 Å². The monoisotopic (exact) mass is 359 g/mol. The molecule has 0 aromatic carbocycles. The number of anilines is 1. The molecule has 1 saturated heterocycles. The van der Waals surface area contributed by atoms with E-state index in [2.05, 4.69) is 15.2 Å². The number of nitrogens with zero attached hydrogens (tertiary/aromatic N) is 3. The Kier molecular flexibility index (Phi) is 6.44. The van der Waals surface area contributed by atoms with Crippen LogP contribution in [0.15, 0.2) is 24.4 Å². The zero-order chi connectivity index (χ0) is 18.4. The predicted molar refractivity (Wildman–Crippen MR) is 101 cm³/mol. The van der Waals surface area contributed by atoms with Crippen LogP contribution in [0.2, 0.25) is 0 Å². The maximum Gasteiger partial charge on any atom is 0.224 e. The minimum absolute atomic E-state index is 0.0250. The van der Waals surface area contributed by atoms with Crippen molar-refractivity contribution in [2.24, 2.45) is 17.6 Å². The van der Waals surface area contributed by atoms with E-state index in [1.165, 1.54) is 0 Å². The summed E-state index contributed by atoms with van der Waals surface area (Å²) < 4.78 is 0. The highest BCUT2D eigenvalue weighted by atomic mass is 16.2. The Labute approximate surface area is 154 Å². The van der Waals surface area contributed by atoms with Crippen LogP contribution in [0.5, 0.6) is 0 Å². The van der Waals surface area contributed by atoms with Gasteiger partial charge >= 0.3 is 0 Å². The Morgan fingerprint density at radius 3 is 2.69 bits per heavy atom. The van der Waals surface area contributed by atoms with Crippen LogP contribution in [0.4, 0.5) is 5.82 Å². The number of piperazine rings is 1. The van der Waals surface area contributed by atoms with Gasteiger partial charge in [0.15, 0.2) is 0 Å². The van der Waals surface area contributed by atoms with Crippen LogP contribution in [0.25, 0.3) is 0 Å². The van der Waals surface area contributed by atoms with Crippen molar-refractivity contribution < 1.29 is 9.59 Å². The number of aromatic nitrogens is 1. The van der Waals surface area contributed by atoms with Crippen molar-refractivity contribution >= 4 is 17.6 Å². The SMILES string of the molecule is NC[C@H]1CCC[C@H]1C(=O)NCCC(=O)N1CCN(c2ccccn2)CC1. The maximum absolute atomic E-state index is 12.4. The summed E-state index contributed by atoms with van der Waals surface area (Å²) in [5, 5.41) is 2.93. The van der Waals surface area contributed by atoms with Gasteiger partial charge in [0, 0.05) is 51.3 Å². The molecule has 0 spiro atoms. The second kappa shape index (κ2) is 8.98. The molecule has 1 aliphatic heterocycles. The summed E-state index contributed by atoms with van der Waals surface area (Å²) >= 11 is 0. The number of carbonyl (C=O) groups is 2. The Balaban J connectivity index is 1.37. The first-order chi connectivity index (χ1) is 12.7. The van der Waals surface area contributed by atoms with Gasteiger partial charge in [-0.1, -0.05) is 12.5 Å². The average Bonchev–Trinajstić information content (AvgIpc) is 3.17. The van der Waals surface area contributed by atoms with Gasteiger partial charge in [-0.3, -0.25) is 9.59 Å². The third-order valence-electron chi connectivity index (χ3n) is 5.54. The number of hydrogen-bond donors (Lipinski definition) is 2. The quantitative estimate of drug-likeness (QED) is 0.777. The summed E-state index contributed by atoms with van der Waals surface area (Å²) in [6, 6.07) is 5.87. The van der Waals surface area contributed by atoms with Crippen molar-refractivity contribution in [2.75, 3.05) is 44.2 Å². The summed E-state index contributed by atoms with van der Waals surface area (Å²) in [6.07, 6.45) is 5.16. The average molecular weight is 359 g/mol. The second-order valence-electron chi connectivity index (χ2n) is 7.13. The number of amides is 2. The zero-order valence-corrected chi connectivity index (χ0v) is 15.3. The van der Waals surface area contributed by atoms with Crippen molar-refractivity contribution in [3.8, 4) is 0 Å². The predicted octanol–water partition coefficient (Wildman–Crippen LogP) is 0.612. The van der Waals surface area contributed by atoms with Gasteiger partial charge in [0.05, 0.1) is 0 Å². The van der Waals surface area contributed by atoms with Gasteiger partial charge in [-0.2, -0.15) is 0 Å². The lowest BCUT2D eigenvalue weighted by Gasteiger charge is -2.35. The minimum atomic E-state index is 0.0250. The molecule has 2 fully saturated rings. The smallest absolute Gasteiger partial charge is 0.224 e. The zero-order valence-electron chi connectivity index (χ0n) is 15.3. The van der Waals surface area contributed by atoms with Crippen LogP contribution >= 0.6 is 0 Å². The molecule has 1 aromatic rings. The number of nitrogens with one attached hydrogen (secondary N) is 1. The molecule has 1 saturated carbocycles. The number of carbonyl (C=O) groups excluding carboxylic acids is 2. The van der Waals surface area contributed by atoms with E-state index in [4.69, 9.17) is 5.73 Å². The van der Waals surface area contributed by atoms with E-state index in [1.54, 1.807) is 6.20 Å². The first kappa shape index (κ1) is 18.6. The highest BCUT2D eigenvalue weighted by molar-refractivity contribution is 5.81. The first-order valence-electron chi connectivity index (χ1n) is 9.60. The minimum Gasteiger partial charge on any atom is -0.355 e. The van der Waals surface area contributed by atoms with Crippen LogP contribution < -0.4 is 16.0 Å². The summed E-state index contributed by atoms with van der Waals surface area (Å²) in [5.41, 5.74) is 5.74. The summed E-state index contributed by atoms with van der Waals surface area (Å²) in [6.45, 7) is 3.94. The molecule has 2 atom stereocenters. The number of pyridine rings is 1. The number of hydrogen-bond acceptors (Lipinski definition) is 5. The molecular weight excluding hydrogens is 330 g/mol. The van der Waals surface area contributed by atoms with Crippen LogP contribution in [-0.2, 0) is 9.59 Å². The summed E-state index contributed by atoms with van der Waals surface area (Å²) in [7, 11) is 0. The highest BCUT2D eigenvalue weighted by Gasteiger charge is 2.31. The van der Waals surface area contributed by atoms with E-state index in [0.717, 1.165) is 38.2 Å². The lowest BCUT2D eigenvalue weighted by atomic mass is 9.95. The van der Waals surface area contributed by atoms with E-state index in [9.17, 15) is 9.59 Å². The summed E-state index contributed by atoms with van der Waals surface area (Å²) in [5.74, 6) is 1.44. The van der Waals surface area contributed by atoms with Gasteiger partial charge in [-0.05, 0) is 37.4 Å². The molecule has 26 heavy (non-hydrogen) atoms. The molecule has 2 heterocycles. The molecule has 0 radical (unpaired) electrons. The molecule has 1 aliphatic carbocycles. The van der Waals surface area contributed by atoms with E-state index < -0.39 is 0 Å². The van der Waals surface area contributed by atoms with Crippen LogP contribution in [-0.4, -0.2) is 61.0 Å². The standard InChI is InChI=1S/C19H29N5O2/c20-14-15-4-3-5-16(15)19(26)22-9-7-18(25)24-12-10-23(11-13-24)17-6-1-2-8-21-17/h1-2,6,8,15-16H,3-5,7,9-14,20H2,(H,22,26)/t15-,16-/m1/s1. The lowest BCUT2D eigenvalue weighted by Crippen LogP contribution is -2.49. The van der Waals surface area contributed by atoms with E-state index in [-0.39, 0.29) is 17.7 Å². The van der Waals surface area contributed by atoms with Crippen molar-refractivity contribution in [1.82, 2.24) is 15.2 Å². The molecule has 142 valence electrons. The molecule has 7 heteroatoms. The molecule has 3 N–H and O–H groups in total. The van der Waals surface area contributed by atoms with Crippen LogP contribution in [0.3, 0.4) is 0 Å². The Hall–Kier alpha value is -2.15. The molecule has 7 nitrogen and oxygen atoms in total. The van der Waals surface area contributed by atoms with E-state index >= 15 is 0 Å². The van der Waals surface area contributed by atoms with E-state index in [0.29, 0.717) is 38.5 Å². The molecule has 2 aliphatic rings. The number of rotatable bonds is 6. The second-order valence-corrected chi connectivity index (χ2v) is 7.13. The Morgan fingerprint density at radius 2 is 2.00 bits per heavy atom. The normalized spacial score (nSPS) is 23.1. The van der Waals surface area contributed by atoms with Gasteiger partial charge in [-0.25, -0.2) is 4.98 Å². The molecule has 0 bridgehead atoms. The highest BCUT2D eigenvalue weighted by Crippen LogP contribution is 2.30. The number of nitrogens with two attached hydrogens (primary N) is 1. The Morgan fingerprint density at radius 1 is 1.19 bits per heavy atom. The third kappa shape index (κ3) is 4.52. The maximum atomic E-state index is 12.4. The molecule has 2 amide bonds. The largest absolute Gasteiger partial charge is 0.355 e.